The van der Waals surface area contributed by atoms with Crippen molar-refractivity contribution in [3.05, 3.63) is 54.1 Å². The van der Waals surface area contributed by atoms with Crippen LogP contribution in [-0.4, -0.2) is 23.2 Å². The molecule has 2 aromatic heterocycles. The van der Waals surface area contributed by atoms with Gasteiger partial charge in [-0.1, -0.05) is 12.1 Å². The van der Waals surface area contributed by atoms with E-state index in [2.05, 4.69) is 15.1 Å². The maximum atomic E-state index is 5.43. The van der Waals surface area contributed by atoms with Crippen LogP contribution in [0.15, 0.2) is 52.1 Å². The van der Waals surface area contributed by atoms with Crippen LogP contribution in [0.1, 0.15) is 11.5 Å². The second-order valence-electron chi connectivity index (χ2n) is 4.43. The van der Waals surface area contributed by atoms with Crippen LogP contribution >= 0.6 is 0 Å². The predicted molar refractivity (Wildman–Crippen MR) is 79.0 cm³/mol. The van der Waals surface area contributed by atoms with E-state index in [4.69, 9.17) is 4.42 Å². The molecule has 0 spiro atoms. The average Bonchev–Trinajstić information content (AvgIpc) is 2.90. The Morgan fingerprint density at radius 3 is 2.70 bits per heavy atom. The van der Waals surface area contributed by atoms with Crippen molar-refractivity contribution < 1.29 is 4.42 Å². The quantitative estimate of drug-likeness (QED) is 0.540. The molecular formula is C15H14N4O. The van der Waals surface area contributed by atoms with Gasteiger partial charge >= 0.3 is 0 Å². The molecule has 100 valence electrons. The first-order valence-electron chi connectivity index (χ1n) is 6.28. The van der Waals surface area contributed by atoms with Gasteiger partial charge in [-0.15, -0.1) is 0 Å². The van der Waals surface area contributed by atoms with E-state index in [1.165, 1.54) is 0 Å². The van der Waals surface area contributed by atoms with Crippen molar-refractivity contribution >= 4 is 23.1 Å². The molecule has 0 fully saturated rings. The van der Waals surface area contributed by atoms with Crippen LogP contribution in [0.5, 0.6) is 0 Å². The molecule has 5 heteroatoms. The summed E-state index contributed by atoms with van der Waals surface area (Å²) >= 11 is 0. The molecule has 0 saturated heterocycles. The van der Waals surface area contributed by atoms with Crippen LogP contribution in [-0.2, 0) is 0 Å². The number of furan rings is 1. The number of aryl methyl sites for hydroxylation is 1. The standard InChI is InChI=1S/C15H14N4O/c1-11-7-8-12(20-11)9-17-19(2)15-10-16-13-5-3-4-6-14(13)18-15/h3-10H,1-2H3/b17-9-. The summed E-state index contributed by atoms with van der Waals surface area (Å²) in [6.07, 6.45) is 3.36. The Kier molecular flexibility index (Phi) is 3.16. The first-order chi connectivity index (χ1) is 9.72. The summed E-state index contributed by atoms with van der Waals surface area (Å²) < 4.78 is 5.43. The van der Waals surface area contributed by atoms with Gasteiger partial charge in [0.05, 0.1) is 23.4 Å². The fraction of sp³-hybridized carbons (Fsp3) is 0.133. The average molecular weight is 266 g/mol. The zero-order valence-corrected chi connectivity index (χ0v) is 11.3. The number of hydrazone groups is 1. The SMILES string of the molecule is Cc1ccc(/C=N\N(C)c2cnc3ccccc3n2)o1. The molecule has 0 aliphatic carbocycles. The van der Waals surface area contributed by atoms with Gasteiger partial charge in [-0.05, 0) is 31.2 Å². The van der Waals surface area contributed by atoms with Crippen molar-refractivity contribution in [3.8, 4) is 0 Å². The smallest absolute Gasteiger partial charge is 0.167 e. The van der Waals surface area contributed by atoms with E-state index in [1.807, 2.05) is 50.4 Å². The minimum atomic E-state index is 0.684. The van der Waals surface area contributed by atoms with Crippen LogP contribution < -0.4 is 5.01 Å². The third-order valence-electron chi connectivity index (χ3n) is 2.89. The normalized spacial score (nSPS) is 11.3. The van der Waals surface area contributed by atoms with Gasteiger partial charge < -0.3 is 4.42 Å². The van der Waals surface area contributed by atoms with Crippen molar-refractivity contribution in [2.24, 2.45) is 5.10 Å². The minimum absolute atomic E-state index is 0.684. The summed E-state index contributed by atoms with van der Waals surface area (Å²) in [5.41, 5.74) is 1.72. The molecule has 0 saturated carbocycles. The topological polar surface area (TPSA) is 54.5 Å². The Balaban J connectivity index is 1.84. The molecule has 0 atom stereocenters. The Hall–Kier alpha value is -2.69. The maximum absolute atomic E-state index is 5.43. The number of nitrogens with zero attached hydrogens (tertiary/aromatic N) is 4. The van der Waals surface area contributed by atoms with Crippen molar-refractivity contribution in [1.29, 1.82) is 0 Å². The van der Waals surface area contributed by atoms with Crippen LogP contribution in [0, 0.1) is 6.92 Å². The van der Waals surface area contributed by atoms with Crippen LogP contribution in [0.3, 0.4) is 0 Å². The molecule has 0 amide bonds. The van der Waals surface area contributed by atoms with Gasteiger partial charge in [0.15, 0.2) is 5.82 Å². The molecule has 0 N–H and O–H groups in total. The molecule has 3 rings (SSSR count). The number of aromatic nitrogens is 2. The predicted octanol–water partition coefficient (Wildman–Crippen LogP) is 3.00. The second-order valence-corrected chi connectivity index (χ2v) is 4.43. The number of para-hydroxylation sites is 2. The fourth-order valence-corrected chi connectivity index (χ4v) is 1.83. The highest BCUT2D eigenvalue weighted by Crippen LogP contribution is 2.14. The third kappa shape index (κ3) is 2.51. The summed E-state index contributed by atoms with van der Waals surface area (Å²) in [5, 5.41) is 5.96. The molecule has 0 aliphatic heterocycles. The zero-order chi connectivity index (χ0) is 13.9. The van der Waals surface area contributed by atoms with E-state index >= 15 is 0 Å². The highest BCUT2D eigenvalue weighted by atomic mass is 16.3. The van der Waals surface area contributed by atoms with E-state index in [1.54, 1.807) is 17.4 Å². The molecule has 0 unspecified atom stereocenters. The minimum Gasteiger partial charge on any atom is -0.460 e. The number of rotatable bonds is 3. The highest BCUT2D eigenvalue weighted by Gasteiger charge is 2.03. The van der Waals surface area contributed by atoms with E-state index in [0.29, 0.717) is 11.6 Å². The van der Waals surface area contributed by atoms with Gasteiger partial charge in [0.2, 0.25) is 0 Å². The molecule has 0 bridgehead atoms. The molecule has 2 heterocycles. The van der Waals surface area contributed by atoms with Gasteiger partial charge in [0, 0.05) is 7.05 Å². The Morgan fingerprint density at radius 2 is 1.95 bits per heavy atom. The Morgan fingerprint density at radius 1 is 1.15 bits per heavy atom. The van der Waals surface area contributed by atoms with E-state index in [-0.39, 0.29) is 0 Å². The number of hydrogen-bond donors (Lipinski definition) is 0. The molecular weight excluding hydrogens is 252 g/mol. The summed E-state index contributed by atoms with van der Waals surface area (Å²) in [5.74, 6) is 2.26. The van der Waals surface area contributed by atoms with Gasteiger partial charge in [-0.3, -0.25) is 4.98 Å². The molecule has 0 radical (unpaired) electrons. The lowest BCUT2D eigenvalue weighted by molar-refractivity contribution is 0.527. The van der Waals surface area contributed by atoms with E-state index < -0.39 is 0 Å². The number of benzene rings is 1. The Bertz CT molecular complexity index is 763. The van der Waals surface area contributed by atoms with Crippen molar-refractivity contribution in [2.45, 2.75) is 6.92 Å². The monoisotopic (exact) mass is 266 g/mol. The lowest BCUT2D eigenvalue weighted by Crippen LogP contribution is -2.11. The largest absolute Gasteiger partial charge is 0.460 e. The van der Waals surface area contributed by atoms with Crippen LogP contribution in [0.25, 0.3) is 11.0 Å². The number of hydrogen-bond acceptors (Lipinski definition) is 5. The summed E-state index contributed by atoms with van der Waals surface area (Å²) in [7, 11) is 1.82. The van der Waals surface area contributed by atoms with Crippen LogP contribution in [0.4, 0.5) is 5.82 Å². The molecule has 3 aromatic rings. The summed E-state index contributed by atoms with van der Waals surface area (Å²) in [6, 6.07) is 11.5. The number of anilines is 1. The van der Waals surface area contributed by atoms with Crippen molar-refractivity contribution in [2.75, 3.05) is 12.1 Å². The van der Waals surface area contributed by atoms with E-state index in [9.17, 15) is 0 Å². The van der Waals surface area contributed by atoms with Gasteiger partial charge in [-0.2, -0.15) is 5.10 Å². The first-order valence-corrected chi connectivity index (χ1v) is 6.28. The lowest BCUT2D eigenvalue weighted by Gasteiger charge is -2.11. The van der Waals surface area contributed by atoms with Crippen molar-refractivity contribution in [3.63, 3.8) is 0 Å². The zero-order valence-electron chi connectivity index (χ0n) is 11.3. The lowest BCUT2D eigenvalue weighted by atomic mass is 10.3. The van der Waals surface area contributed by atoms with Gasteiger partial charge in [0.1, 0.15) is 11.5 Å². The Labute approximate surface area is 116 Å². The molecule has 20 heavy (non-hydrogen) atoms. The summed E-state index contributed by atoms with van der Waals surface area (Å²) in [6.45, 7) is 1.90. The molecule has 0 aliphatic rings. The van der Waals surface area contributed by atoms with Gasteiger partial charge in [0.25, 0.3) is 0 Å². The van der Waals surface area contributed by atoms with E-state index in [0.717, 1.165) is 16.8 Å². The maximum Gasteiger partial charge on any atom is 0.167 e. The number of fused-ring (bicyclic) bond motifs is 1. The van der Waals surface area contributed by atoms with Crippen molar-refractivity contribution in [1.82, 2.24) is 9.97 Å². The highest BCUT2D eigenvalue weighted by molar-refractivity contribution is 5.78. The van der Waals surface area contributed by atoms with Crippen LogP contribution in [0.2, 0.25) is 0 Å². The third-order valence-corrected chi connectivity index (χ3v) is 2.89. The second kappa shape index (κ2) is 5.13. The first kappa shape index (κ1) is 12.3. The molecule has 5 nitrogen and oxygen atoms in total. The van der Waals surface area contributed by atoms with Gasteiger partial charge in [-0.25, -0.2) is 9.99 Å². The molecule has 1 aromatic carbocycles. The summed E-state index contributed by atoms with van der Waals surface area (Å²) in [4.78, 5) is 8.87. The fourth-order valence-electron chi connectivity index (χ4n) is 1.83.